The summed E-state index contributed by atoms with van der Waals surface area (Å²) in [7, 11) is 0. The van der Waals surface area contributed by atoms with Crippen LogP contribution in [0.4, 0.5) is 10.5 Å². The topological polar surface area (TPSA) is 59.6 Å². The van der Waals surface area contributed by atoms with Crippen molar-refractivity contribution in [2.45, 2.75) is 12.5 Å². The van der Waals surface area contributed by atoms with E-state index in [1.807, 2.05) is 42.5 Å². The molecule has 2 aromatic rings. The maximum absolute atomic E-state index is 11.8. The summed E-state index contributed by atoms with van der Waals surface area (Å²) in [5.41, 5.74) is 0.643. The van der Waals surface area contributed by atoms with Crippen LogP contribution >= 0.6 is 0 Å². The minimum atomic E-state index is -0.439. The van der Waals surface area contributed by atoms with E-state index in [2.05, 4.69) is 10.6 Å². The zero-order chi connectivity index (χ0) is 15.2. The largest absolute Gasteiger partial charge is 0.457 e. The zero-order valence-corrected chi connectivity index (χ0v) is 12.1. The molecule has 1 unspecified atom stereocenters. The van der Waals surface area contributed by atoms with Crippen molar-refractivity contribution in [2.75, 3.05) is 18.4 Å². The van der Waals surface area contributed by atoms with Gasteiger partial charge in [-0.05, 0) is 37.2 Å². The Bertz CT molecular complexity index is 625. The molecule has 0 radical (unpaired) electrons. The van der Waals surface area contributed by atoms with E-state index in [-0.39, 0.29) is 6.10 Å². The van der Waals surface area contributed by atoms with Gasteiger partial charge in [-0.1, -0.05) is 24.3 Å². The van der Waals surface area contributed by atoms with Crippen LogP contribution in [0.2, 0.25) is 0 Å². The highest BCUT2D eigenvalue weighted by Crippen LogP contribution is 2.24. The average molecular weight is 298 g/mol. The third-order valence-corrected chi connectivity index (χ3v) is 3.35. The molecule has 3 rings (SSSR count). The van der Waals surface area contributed by atoms with E-state index in [1.54, 1.807) is 12.1 Å². The molecule has 0 spiro atoms. The molecule has 0 aliphatic carbocycles. The molecule has 1 aliphatic rings. The number of hydrogen-bond acceptors (Lipinski definition) is 4. The van der Waals surface area contributed by atoms with Gasteiger partial charge in [-0.3, -0.25) is 5.32 Å². The second kappa shape index (κ2) is 6.95. The number of benzene rings is 2. The summed E-state index contributed by atoms with van der Waals surface area (Å²) in [5.74, 6) is 1.41. The van der Waals surface area contributed by atoms with Crippen LogP contribution in [0.25, 0.3) is 0 Å². The molecular weight excluding hydrogens is 280 g/mol. The van der Waals surface area contributed by atoms with Crippen LogP contribution in [0, 0.1) is 0 Å². The van der Waals surface area contributed by atoms with Gasteiger partial charge in [0.2, 0.25) is 0 Å². The molecule has 1 fully saturated rings. The molecule has 0 bridgehead atoms. The first-order chi connectivity index (χ1) is 10.8. The van der Waals surface area contributed by atoms with Gasteiger partial charge in [0.25, 0.3) is 0 Å². The fraction of sp³-hybridized carbons (Fsp3) is 0.235. The molecule has 5 nitrogen and oxygen atoms in total. The Morgan fingerprint density at radius 3 is 2.68 bits per heavy atom. The first kappa shape index (κ1) is 14.4. The van der Waals surface area contributed by atoms with Crippen molar-refractivity contribution < 1.29 is 14.3 Å². The van der Waals surface area contributed by atoms with Gasteiger partial charge in [0.1, 0.15) is 17.6 Å². The van der Waals surface area contributed by atoms with Gasteiger partial charge in [-0.25, -0.2) is 4.79 Å². The third-order valence-electron chi connectivity index (χ3n) is 3.35. The number of carbonyl (C=O) groups excluding carboxylic acids is 1. The van der Waals surface area contributed by atoms with Gasteiger partial charge in [0.15, 0.2) is 0 Å². The summed E-state index contributed by atoms with van der Waals surface area (Å²) in [6.45, 7) is 1.60. The molecule has 1 heterocycles. The van der Waals surface area contributed by atoms with Crippen LogP contribution < -0.4 is 15.4 Å². The molecule has 0 aromatic heterocycles. The van der Waals surface area contributed by atoms with Crippen LogP contribution in [-0.4, -0.2) is 25.3 Å². The first-order valence-electron chi connectivity index (χ1n) is 7.31. The van der Waals surface area contributed by atoms with Gasteiger partial charge in [0, 0.05) is 18.3 Å². The molecule has 2 aromatic carbocycles. The quantitative estimate of drug-likeness (QED) is 0.908. The van der Waals surface area contributed by atoms with E-state index in [1.165, 1.54) is 0 Å². The van der Waals surface area contributed by atoms with E-state index < -0.39 is 6.09 Å². The van der Waals surface area contributed by atoms with Crippen molar-refractivity contribution in [2.24, 2.45) is 0 Å². The Kier molecular flexibility index (Phi) is 4.56. The summed E-state index contributed by atoms with van der Waals surface area (Å²) < 4.78 is 11.1. The molecule has 5 heteroatoms. The minimum absolute atomic E-state index is 0.0521. The van der Waals surface area contributed by atoms with Gasteiger partial charge in [0.05, 0.1) is 0 Å². The number of ether oxygens (including phenoxy) is 2. The number of anilines is 1. The molecule has 2 N–H and O–H groups in total. The molecule has 0 saturated carbocycles. The number of para-hydroxylation sites is 1. The van der Waals surface area contributed by atoms with Crippen LogP contribution in [0.3, 0.4) is 0 Å². The lowest BCUT2D eigenvalue weighted by atomic mass is 10.3. The predicted molar refractivity (Wildman–Crippen MR) is 84.3 cm³/mol. The first-order valence-corrected chi connectivity index (χ1v) is 7.31. The smallest absolute Gasteiger partial charge is 0.411 e. The van der Waals surface area contributed by atoms with E-state index in [0.29, 0.717) is 18.0 Å². The van der Waals surface area contributed by atoms with Crippen molar-refractivity contribution in [1.29, 1.82) is 0 Å². The van der Waals surface area contributed by atoms with E-state index in [9.17, 15) is 4.79 Å². The van der Waals surface area contributed by atoms with E-state index in [4.69, 9.17) is 9.47 Å². The van der Waals surface area contributed by atoms with Crippen molar-refractivity contribution in [3.63, 3.8) is 0 Å². The monoisotopic (exact) mass is 298 g/mol. The summed E-state index contributed by atoms with van der Waals surface area (Å²) >= 11 is 0. The number of hydrogen-bond donors (Lipinski definition) is 2. The van der Waals surface area contributed by atoms with Crippen LogP contribution in [0.1, 0.15) is 6.42 Å². The Hall–Kier alpha value is -2.53. The molecule has 22 heavy (non-hydrogen) atoms. The predicted octanol–water partition coefficient (Wildman–Crippen LogP) is 3.39. The standard InChI is InChI=1S/C17H18N2O3/c20-17(22-16-9-10-18-12-16)19-13-5-4-8-15(11-13)21-14-6-2-1-3-7-14/h1-8,11,16,18H,9-10,12H2,(H,19,20). The highest BCUT2D eigenvalue weighted by molar-refractivity contribution is 5.85. The Morgan fingerprint density at radius 2 is 1.91 bits per heavy atom. The summed E-state index contributed by atoms with van der Waals surface area (Å²) in [4.78, 5) is 11.8. The van der Waals surface area contributed by atoms with Crippen molar-refractivity contribution >= 4 is 11.8 Å². The van der Waals surface area contributed by atoms with Gasteiger partial charge < -0.3 is 14.8 Å². The number of nitrogens with one attached hydrogen (secondary N) is 2. The highest BCUT2D eigenvalue weighted by Gasteiger charge is 2.18. The number of rotatable bonds is 4. The fourth-order valence-corrected chi connectivity index (χ4v) is 2.29. The molecule has 1 atom stereocenters. The van der Waals surface area contributed by atoms with E-state index in [0.717, 1.165) is 18.7 Å². The molecule has 1 saturated heterocycles. The summed E-state index contributed by atoms with van der Waals surface area (Å²) in [5, 5.41) is 5.88. The molecule has 114 valence electrons. The minimum Gasteiger partial charge on any atom is -0.457 e. The zero-order valence-electron chi connectivity index (χ0n) is 12.1. The van der Waals surface area contributed by atoms with Crippen LogP contribution in [0.15, 0.2) is 54.6 Å². The van der Waals surface area contributed by atoms with Crippen molar-refractivity contribution in [1.82, 2.24) is 5.32 Å². The third kappa shape index (κ3) is 3.99. The Balaban J connectivity index is 1.59. The number of amides is 1. The highest BCUT2D eigenvalue weighted by atomic mass is 16.6. The maximum Gasteiger partial charge on any atom is 0.411 e. The average Bonchev–Trinajstić information content (AvgIpc) is 3.01. The molecule has 1 aliphatic heterocycles. The summed E-state index contributed by atoms with van der Waals surface area (Å²) in [6, 6.07) is 16.7. The van der Waals surface area contributed by atoms with Crippen molar-refractivity contribution in [3.05, 3.63) is 54.6 Å². The van der Waals surface area contributed by atoms with E-state index >= 15 is 0 Å². The lowest BCUT2D eigenvalue weighted by molar-refractivity contribution is 0.121. The normalized spacial score (nSPS) is 17.0. The second-order valence-electron chi connectivity index (χ2n) is 5.09. The lowest BCUT2D eigenvalue weighted by Crippen LogP contribution is -2.24. The second-order valence-corrected chi connectivity index (χ2v) is 5.09. The number of carbonyl (C=O) groups is 1. The van der Waals surface area contributed by atoms with Gasteiger partial charge >= 0.3 is 6.09 Å². The van der Waals surface area contributed by atoms with Gasteiger partial charge in [-0.15, -0.1) is 0 Å². The van der Waals surface area contributed by atoms with Crippen LogP contribution in [-0.2, 0) is 4.74 Å². The molecule has 1 amide bonds. The van der Waals surface area contributed by atoms with Gasteiger partial charge in [-0.2, -0.15) is 0 Å². The van der Waals surface area contributed by atoms with Crippen molar-refractivity contribution in [3.8, 4) is 11.5 Å². The molecular formula is C17H18N2O3. The Labute approximate surface area is 129 Å². The Morgan fingerprint density at radius 1 is 1.09 bits per heavy atom. The maximum atomic E-state index is 11.8. The lowest BCUT2D eigenvalue weighted by Gasteiger charge is -2.12. The summed E-state index contributed by atoms with van der Waals surface area (Å²) in [6.07, 6.45) is 0.360. The van der Waals surface area contributed by atoms with Crippen LogP contribution in [0.5, 0.6) is 11.5 Å². The fourth-order valence-electron chi connectivity index (χ4n) is 2.29. The SMILES string of the molecule is O=C(Nc1cccc(Oc2ccccc2)c1)OC1CCNC1.